The van der Waals surface area contributed by atoms with Gasteiger partial charge < -0.3 is 0 Å². The summed E-state index contributed by atoms with van der Waals surface area (Å²) >= 11 is 11.9. The Morgan fingerprint density at radius 2 is 2.17 bits per heavy atom. The fraction of sp³-hybridized carbons (Fsp3) is 0. The summed E-state index contributed by atoms with van der Waals surface area (Å²) in [5.41, 5.74) is 0. The maximum absolute atomic E-state index is 4.31. The smallest absolute Gasteiger partial charge is 0.0376 e. The van der Waals surface area contributed by atoms with E-state index in [1.807, 2.05) is 6.07 Å². The molecule has 0 spiro atoms. The third-order valence-corrected chi connectivity index (χ3v) is 4.65. The first-order valence-corrected chi connectivity index (χ1v) is 6.43. The third-order valence-electron chi connectivity index (χ3n) is 1.57. The second-order valence-corrected chi connectivity index (χ2v) is 5.83. The van der Waals surface area contributed by atoms with Crippen LogP contribution in [-0.2, 0) is 0 Å². The average Bonchev–Trinajstić information content (AvgIpc) is 2.31. The molecule has 0 amide bonds. The largest absolute Gasteiger partial charge is 0.143 e. The van der Waals surface area contributed by atoms with E-state index in [2.05, 4.69) is 62.6 Å². The minimum absolute atomic E-state index is 1.01. The Balaban J connectivity index is 2.93. The van der Waals surface area contributed by atoms with Gasteiger partial charge in [0.05, 0.1) is 0 Å². The third kappa shape index (κ3) is 1.54. The molecular formula is C8H4BrIS2. The van der Waals surface area contributed by atoms with E-state index in [1.165, 1.54) is 13.7 Å². The molecule has 0 fully saturated rings. The van der Waals surface area contributed by atoms with Gasteiger partial charge in [0.25, 0.3) is 0 Å². The van der Waals surface area contributed by atoms with Crippen molar-refractivity contribution in [2.75, 3.05) is 0 Å². The number of fused-ring (bicyclic) bond motifs is 1. The molecule has 0 nitrogen and oxygen atoms in total. The summed E-state index contributed by atoms with van der Waals surface area (Å²) in [5, 5.41) is 3.46. The van der Waals surface area contributed by atoms with Gasteiger partial charge in [0.15, 0.2) is 0 Å². The molecule has 0 radical (unpaired) electrons. The zero-order valence-electron chi connectivity index (χ0n) is 5.84. The molecule has 0 saturated heterocycles. The minimum atomic E-state index is 1.01. The molecule has 0 saturated carbocycles. The van der Waals surface area contributed by atoms with Crippen LogP contribution < -0.4 is 0 Å². The van der Waals surface area contributed by atoms with Gasteiger partial charge in [-0.05, 0) is 34.7 Å². The standard InChI is InChI=1S/C8H4BrIS2/c9-5-1-4(11)2-7-8(5)6(10)3-12-7/h1-3,11H. The van der Waals surface area contributed by atoms with Crippen LogP contribution in [0.1, 0.15) is 0 Å². The second kappa shape index (κ2) is 3.48. The van der Waals surface area contributed by atoms with Crippen molar-refractivity contribution in [2.24, 2.45) is 0 Å². The van der Waals surface area contributed by atoms with Gasteiger partial charge in [-0.3, -0.25) is 0 Å². The van der Waals surface area contributed by atoms with Gasteiger partial charge in [0.1, 0.15) is 0 Å². The van der Waals surface area contributed by atoms with Crippen molar-refractivity contribution in [1.82, 2.24) is 0 Å². The first-order valence-electron chi connectivity index (χ1n) is 3.23. The minimum Gasteiger partial charge on any atom is -0.143 e. The van der Waals surface area contributed by atoms with E-state index in [1.54, 1.807) is 11.3 Å². The molecule has 1 aromatic heterocycles. The molecule has 2 rings (SSSR count). The van der Waals surface area contributed by atoms with Crippen molar-refractivity contribution in [3.05, 3.63) is 25.6 Å². The number of hydrogen-bond donors (Lipinski definition) is 1. The molecular weight excluding hydrogens is 367 g/mol. The number of benzene rings is 1. The number of thiol groups is 1. The van der Waals surface area contributed by atoms with Crippen LogP contribution in [-0.4, -0.2) is 0 Å². The highest BCUT2D eigenvalue weighted by atomic mass is 127. The van der Waals surface area contributed by atoms with Crippen LogP contribution in [0.4, 0.5) is 0 Å². The van der Waals surface area contributed by atoms with Crippen LogP contribution in [0.25, 0.3) is 10.1 Å². The molecule has 0 aliphatic rings. The summed E-state index contributed by atoms with van der Waals surface area (Å²) in [7, 11) is 0. The summed E-state index contributed by atoms with van der Waals surface area (Å²) in [6.07, 6.45) is 0. The monoisotopic (exact) mass is 370 g/mol. The summed E-state index contributed by atoms with van der Waals surface area (Å²) in [6, 6.07) is 4.12. The molecule has 0 aliphatic carbocycles. The molecule has 12 heavy (non-hydrogen) atoms. The zero-order valence-corrected chi connectivity index (χ0v) is 11.3. The summed E-state index contributed by atoms with van der Waals surface area (Å²) in [4.78, 5) is 1.01. The van der Waals surface area contributed by atoms with Crippen molar-refractivity contribution in [2.45, 2.75) is 4.90 Å². The summed E-state index contributed by atoms with van der Waals surface area (Å²) < 4.78 is 3.72. The number of rotatable bonds is 0. The van der Waals surface area contributed by atoms with Gasteiger partial charge in [-0.15, -0.1) is 24.0 Å². The molecule has 62 valence electrons. The van der Waals surface area contributed by atoms with Gasteiger partial charge in [-0.2, -0.15) is 0 Å². The lowest BCUT2D eigenvalue weighted by molar-refractivity contribution is 1.51. The van der Waals surface area contributed by atoms with Crippen molar-refractivity contribution in [3.8, 4) is 0 Å². The molecule has 0 atom stereocenters. The predicted octanol–water partition coefficient (Wildman–Crippen LogP) is 4.56. The normalized spacial score (nSPS) is 10.9. The van der Waals surface area contributed by atoms with E-state index >= 15 is 0 Å². The molecule has 2 aromatic rings. The van der Waals surface area contributed by atoms with E-state index in [-0.39, 0.29) is 0 Å². The lowest BCUT2D eigenvalue weighted by Gasteiger charge is -1.96. The van der Waals surface area contributed by atoms with Crippen LogP contribution in [0.2, 0.25) is 0 Å². The molecule has 0 N–H and O–H groups in total. The van der Waals surface area contributed by atoms with Gasteiger partial charge in [-0.1, -0.05) is 15.9 Å². The number of hydrogen-bond acceptors (Lipinski definition) is 2. The van der Waals surface area contributed by atoms with Gasteiger partial charge in [0.2, 0.25) is 0 Å². The topological polar surface area (TPSA) is 0 Å². The first kappa shape index (κ1) is 9.30. The van der Waals surface area contributed by atoms with Gasteiger partial charge >= 0.3 is 0 Å². The van der Waals surface area contributed by atoms with E-state index in [0.29, 0.717) is 0 Å². The first-order chi connectivity index (χ1) is 5.68. The highest BCUT2D eigenvalue weighted by Gasteiger charge is 2.05. The Morgan fingerprint density at radius 1 is 1.42 bits per heavy atom. The highest BCUT2D eigenvalue weighted by molar-refractivity contribution is 14.1. The molecule has 0 bridgehead atoms. The van der Waals surface area contributed by atoms with Gasteiger partial charge in [-0.25, -0.2) is 0 Å². The lowest BCUT2D eigenvalue weighted by atomic mass is 10.3. The molecule has 0 unspecified atom stereocenters. The molecule has 0 aliphatic heterocycles. The van der Waals surface area contributed by atoms with Crippen molar-refractivity contribution in [3.63, 3.8) is 0 Å². The fourth-order valence-corrected chi connectivity index (χ4v) is 4.79. The second-order valence-electron chi connectivity index (χ2n) is 2.38. The quantitative estimate of drug-likeness (QED) is 0.510. The number of halogens is 2. The van der Waals surface area contributed by atoms with Crippen molar-refractivity contribution < 1.29 is 0 Å². The summed E-state index contributed by atoms with van der Waals surface area (Å²) in [5.74, 6) is 0. The Bertz CT molecular complexity index is 436. The summed E-state index contributed by atoms with van der Waals surface area (Å²) in [6.45, 7) is 0. The maximum Gasteiger partial charge on any atom is 0.0376 e. The zero-order chi connectivity index (χ0) is 8.72. The van der Waals surface area contributed by atoms with Crippen LogP contribution in [0.15, 0.2) is 26.9 Å². The Kier molecular flexibility index (Phi) is 2.69. The van der Waals surface area contributed by atoms with Crippen LogP contribution >= 0.6 is 62.5 Å². The highest BCUT2D eigenvalue weighted by Crippen LogP contribution is 2.35. The van der Waals surface area contributed by atoms with Gasteiger partial charge in [0, 0.05) is 28.4 Å². The Labute approximate surface area is 102 Å². The van der Waals surface area contributed by atoms with E-state index < -0.39 is 0 Å². The van der Waals surface area contributed by atoms with Crippen LogP contribution in [0.5, 0.6) is 0 Å². The molecule has 4 heteroatoms. The predicted molar refractivity (Wildman–Crippen MR) is 69.5 cm³/mol. The van der Waals surface area contributed by atoms with E-state index in [9.17, 15) is 0 Å². The molecule has 1 aromatic carbocycles. The van der Waals surface area contributed by atoms with Crippen LogP contribution in [0.3, 0.4) is 0 Å². The van der Waals surface area contributed by atoms with Crippen molar-refractivity contribution in [1.29, 1.82) is 0 Å². The Hall–Kier alpha value is 0.740. The van der Waals surface area contributed by atoms with Crippen LogP contribution in [0, 0.1) is 3.57 Å². The van der Waals surface area contributed by atoms with Crippen molar-refractivity contribution >= 4 is 72.6 Å². The van der Waals surface area contributed by atoms with E-state index in [4.69, 9.17) is 0 Å². The number of thiophene rings is 1. The molecule has 1 heterocycles. The SMILES string of the molecule is Sc1cc(Br)c2c(I)csc2c1. The van der Waals surface area contributed by atoms with E-state index in [0.717, 1.165) is 9.37 Å². The Morgan fingerprint density at radius 3 is 2.92 bits per heavy atom. The average molecular weight is 371 g/mol. The lowest BCUT2D eigenvalue weighted by Crippen LogP contribution is -1.71. The fourth-order valence-electron chi connectivity index (χ4n) is 1.07. The maximum atomic E-state index is 4.31.